The van der Waals surface area contributed by atoms with Crippen molar-refractivity contribution in [1.29, 1.82) is 0 Å². The second kappa shape index (κ2) is 12.9. The van der Waals surface area contributed by atoms with Crippen LogP contribution in [0.5, 0.6) is 5.75 Å². The average molecular weight is 611 g/mol. The number of fused-ring (bicyclic) bond motifs is 1. The van der Waals surface area contributed by atoms with Crippen molar-refractivity contribution >= 4 is 40.4 Å². The van der Waals surface area contributed by atoms with Crippen molar-refractivity contribution < 1.29 is 13.9 Å². The van der Waals surface area contributed by atoms with Crippen molar-refractivity contribution in [2.75, 3.05) is 68.3 Å². The fraction of sp³-hybridized carbons (Fsp3) is 0.294. The number of hydrogen-bond donors (Lipinski definition) is 2. The van der Waals surface area contributed by atoms with E-state index in [0.29, 0.717) is 46.6 Å². The number of carbonyl (C=O) groups excluding carboxylic acids is 1. The van der Waals surface area contributed by atoms with E-state index in [2.05, 4.69) is 50.7 Å². The van der Waals surface area contributed by atoms with Crippen LogP contribution in [0.15, 0.2) is 73.6 Å². The fourth-order valence-corrected chi connectivity index (χ4v) is 5.37. The van der Waals surface area contributed by atoms with Gasteiger partial charge in [-0.3, -0.25) is 9.78 Å². The third-order valence-corrected chi connectivity index (χ3v) is 7.76. The number of nitrogens with zero attached hydrogens (tertiary/aromatic N) is 6. The number of likely N-dealkylation sites (N-methyl/N-ethyl adjacent to an activating group) is 2. The molecule has 2 N–H and O–H groups in total. The highest BCUT2D eigenvalue weighted by Gasteiger charge is 2.38. The van der Waals surface area contributed by atoms with Gasteiger partial charge in [-0.1, -0.05) is 38.6 Å². The summed E-state index contributed by atoms with van der Waals surface area (Å²) in [4.78, 5) is 32.7. The number of ether oxygens (including phenoxy) is 1. The number of amides is 1. The second-order valence-corrected chi connectivity index (χ2v) is 11.9. The number of aromatic nitrogens is 3. The van der Waals surface area contributed by atoms with E-state index >= 15 is 0 Å². The van der Waals surface area contributed by atoms with Gasteiger partial charge in [0, 0.05) is 61.7 Å². The van der Waals surface area contributed by atoms with Crippen LogP contribution in [0.25, 0.3) is 11.1 Å². The molecule has 0 aliphatic carbocycles. The van der Waals surface area contributed by atoms with Gasteiger partial charge in [0.2, 0.25) is 11.9 Å². The molecule has 0 atom stereocenters. The van der Waals surface area contributed by atoms with Crippen LogP contribution in [-0.2, 0) is 10.2 Å². The third kappa shape index (κ3) is 6.73. The minimum absolute atomic E-state index is 0.266. The number of hydrogen-bond acceptors (Lipinski definition) is 9. The van der Waals surface area contributed by atoms with Crippen molar-refractivity contribution in [3.63, 3.8) is 0 Å². The number of nitrogens with one attached hydrogen (secondary N) is 2. The summed E-state index contributed by atoms with van der Waals surface area (Å²) < 4.78 is 20.4. The first kappa shape index (κ1) is 31.4. The number of rotatable bonds is 11. The summed E-state index contributed by atoms with van der Waals surface area (Å²) in [7, 11) is 7.57. The van der Waals surface area contributed by atoms with Crippen molar-refractivity contribution in [2.24, 2.45) is 0 Å². The number of carbonyl (C=O) groups is 1. The lowest BCUT2D eigenvalue weighted by Gasteiger charge is -2.26. The van der Waals surface area contributed by atoms with E-state index < -0.39 is 0 Å². The summed E-state index contributed by atoms with van der Waals surface area (Å²) in [5, 5.41) is 6.20. The Kier molecular flexibility index (Phi) is 9.01. The maximum Gasteiger partial charge on any atom is 0.247 e. The average Bonchev–Trinajstić information content (AvgIpc) is 3.30. The van der Waals surface area contributed by atoms with Gasteiger partial charge in [-0.2, -0.15) is 4.98 Å². The molecule has 234 valence electrons. The molecule has 0 fully saturated rings. The van der Waals surface area contributed by atoms with Crippen LogP contribution in [-0.4, -0.2) is 73.6 Å². The zero-order chi connectivity index (χ0) is 32.3. The summed E-state index contributed by atoms with van der Waals surface area (Å²) in [6, 6.07) is 14.2. The molecule has 0 saturated carbocycles. The molecular weight excluding hydrogens is 571 g/mol. The lowest BCUT2D eigenvalue weighted by Crippen LogP contribution is -2.29. The predicted octanol–water partition coefficient (Wildman–Crippen LogP) is 5.98. The van der Waals surface area contributed by atoms with E-state index in [1.165, 1.54) is 12.1 Å². The standard InChI is InChI=1S/C34H39FN8O2/c1-8-31(44)38-25-18-26(29(45-7)19-27(25)42(6)16-15-41(4)5)39-33-36-14-13-30(40-33)43-21-34(2,3)32-28(43)17-22(20-37-32)23-11-9-10-12-24(23)35/h8-14,17-20H,1,15-16,21H2,2-7H3,(H,38,44)(H,36,39,40). The molecule has 4 aromatic rings. The highest BCUT2D eigenvalue weighted by molar-refractivity contribution is 6.02. The molecule has 11 heteroatoms. The monoisotopic (exact) mass is 610 g/mol. The van der Waals surface area contributed by atoms with Gasteiger partial charge >= 0.3 is 0 Å². The van der Waals surface area contributed by atoms with Crippen LogP contribution in [0.1, 0.15) is 19.5 Å². The van der Waals surface area contributed by atoms with Gasteiger partial charge in [-0.25, -0.2) is 9.37 Å². The molecule has 1 amide bonds. The van der Waals surface area contributed by atoms with Crippen molar-refractivity contribution in [2.45, 2.75) is 19.3 Å². The summed E-state index contributed by atoms with van der Waals surface area (Å²) in [5.41, 5.74) is 4.64. The molecular formula is C34H39FN8O2. The maximum atomic E-state index is 14.7. The van der Waals surface area contributed by atoms with E-state index in [1.54, 1.807) is 37.7 Å². The normalized spacial score (nSPS) is 13.4. The van der Waals surface area contributed by atoms with Gasteiger partial charge in [-0.15, -0.1) is 0 Å². The van der Waals surface area contributed by atoms with Gasteiger partial charge in [0.25, 0.3) is 0 Å². The summed E-state index contributed by atoms with van der Waals surface area (Å²) in [5.74, 6) is 0.920. The Morgan fingerprint density at radius 2 is 1.89 bits per heavy atom. The summed E-state index contributed by atoms with van der Waals surface area (Å²) >= 11 is 0. The fourth-order valence-electron chi connectivity index (χ4n) is 5.37. The zero-order valence-corrected chi connectivity index (χ0v) is 26.6. The SMILES string of the molecule is C=CC(=O)Nc1cc(Nc2nccc(N3CC(C)(C)c4ncc(-c5ccccc5F)cc43)n2)c(OC)cc1N(C)CCN(C)C. The Hall–Kier alpha value is -5.03. The van der Waals surface area contributed by atoms with E-state index in [4.69, 9.17) is 14.7 Å². The molecule has 10 nitrogen and oxygen atoms in total. The maximum absolute atomic E-state index is 14.7. The van der Waals surface area contributed by atoms with E-state index in [9.17, 15) is 9.18 Å². The predicted molar refractivity (Wildman–Crippen MR) is 179 cm³/mol. The van der Waals surface area contributed by atoms with Crippen LogP contribution in [0.2, 0.25) is 0 Å². The molecule has 2 aromatic heterocycles. The van der Waals surface area contributed by atoms with Crippen LogP contribution < -0.4 is 25.2 Å². The molecule has 5 rings (SSSR count). The largest absolute Gasteiger partial charge is 0.494 e. The van der Waals surface area contributed by atoms with E-state index in [-0.39, 0.29) is 17.1 Å². The molecule has 1 aliphatic heterocycles. The lowest BCUT2D eigenvalue weighted by atomic mass is 9.91. The molecule has 0 bridgehead atoms. The van der Waals surface area contributed by atoms with Crippen LogP contribution in [0.4, 0.5) is 38.9 Å². The lowest BCUT2D eigenvalue weighted by molar-refractivity contribution is -0.111. The smallest absolute Gasteiger partial charge is 0.247 e. The molecule has 0 spiro atoms. The quantitative estimate of drug-likeness (QED) is 0.199. The number of pyridine rings is 1. The highest BCUT2D eigenvalue weighted by atomic mass is 19.1. The number of halogens is 1. The van der Waals surface area contributed by atoms with Crippen molar-refractivity contribution in [3.8, 4) is 16.9 Å². The molecule has 45 heavy (non-hydrogen) atoms. The van der Waals surface area contributed by atoms with E-state index in [1.807, 2.05) is 45.4 Å². The van der Waals surface area contributed by atoms with Crippen LogP contribution in [0.3, 0.4) is 0 Å². The Balaban J connectivity index is 1.49. The van der Waals surface area contributed by atoms with Gasteiger partial charge < -0.3 is 30.1 Å². The van der Waals surface area contributed by atoms with Crippen molar-refractivity contribution in [1.82, 2.24) is 19.9 Å². The van der Waals surface area contributed by atoms with Gasteiger partial charge in [0.1, 0.15) is 17.4 Å². The zero-order valence-electron chi connectivity index (χ0n) is 26.6. The Morgan fingerprint density at radius 1 is 1.11 bits per heavy atom. The third-order valence-electron chi connectivity index (χ3n) is 7.76. The van der Waals surface area contributed by atoms with Crippen molar-refractivity contribution in [3.05, 3.63) is 85.1 Å². The molecule has 0 unspecified atom stereocenters. The van der Waals surface area contributed by atoms with Crippen LogP contribution >= 0.6 is 0 Å². The Morgan fingerprint density at radius 3 is 2.60 bits per heavy atom. The summed E-state index contributed by atoms with van der Waals surface area (Å²) in [6.45, 7) is 10.0. The van der Waals surface area contributed by atoms with E-state index in [0.717, 1.165) is 30.2 Å². The molecule has 3 heterocycles. The Labute approximate surface area is 263 Å². The first-order chi connectivity index (χ1) is 21.5. The first-order valence-corrected chi connectivity index (χ1v) is 14.6. The van der Waals surface area contributed by atoms with Crippen LogP contribution in [0, 0.1) is 5.82 Å². The summed E-state index contributed by atoms with van der Waals surface area (Å²) in [6.07, 6.45) is 4.64. The minimum atomic E-state index is -0.328. The number of methoxy groups -OCH3 is 1. The molecule has 1 aliphatic rings. The molecule has 0 saturated heterocycles. The second-order valence-electron chi connectivity index (χ2n) is 11.9. The highest BCUT2D eigenvalue weighted by Crippen LogP contribution is 2.44. The van der Waals surface area contributed by atoms with Gasteiger partial charge in [0.15, 0.2) is 0 Å². The Bertz CT molecular complexity index is 1720. The number of anilines is 6. The first-order valence-electron chi connectivity index (χ1n) is 14.6. The topological polar surface area (TPSA) is 98.8 Å². The molecule has 2 aromatic carbocycles. The minimum Gasteiger partial charge on any atom is -0.494 e. The van der Waals surface area contributed by atoms with Gasteiger partial charge in [0.05, 0.1) is 35.6 Å². The number of benzene rings is 2. The molecule has 0 radical (unpaired) electrons. The van der Waals surface area contributed by atoms with Gasteiger partial charge in [-0.05, 0) is 44.4 Å².